The minimum absolute atomic E-state index is 0.0845. The molecule has 0 radical (unpaired) electrons. The summed E-state index contributed by atoms with van der Waals surface area (Å²) in [6.07, 6.45) is 5.38. The molecule has 7 heteroatoms. The Bertz CT molecular complexity index is 1170. The molecule has 3 heterocycles. The fourth-order valence-electron chi connectivity index (χ4n) is 4.28. The van der Waals surface area contributed by atoms with E-state index in [2.05, 4.69) is 4.98 Å². The van der Waals surface area contributed by atoms with Gasteiger partial charge in [0.2, 0.25) is 0 Å². The quantitative estimate of drug-likeness (QED) is 0.610. The first kappa shape index (κ1) is 19.5. The third kappa shape index (κ3) is 3.96. The number of ether oxygens (including phenoxy) is 2. The van der Waals surface area contributed by atoms with Crippen molar-refractivity contribution in [3.63, 3.8) is 0 Å². The van der Waals surface area contributed by atoms with E-state index in [-0.39, 0.29) is 36.5 Å². The number of aromatic nitrogens is 2. The molecule has 158 valence electrons. The van der Waals surface area contributed by atoms with Gasteiger partial charge in [0.25, 0.3) is 5.56 Å². The molecule has 0 unspecified atom stereocenters. The first-order valence-corrected chi connectivity index (χ1v) is 10.4. The van der Waals surface area contributed by atoms with Crippen LogP contribution in [-0.2, 0) is 22.6 Å². The number of fused-ring (bicyclic) bond motifs is 2. The summed E-state index contributed by atoms with van der Waals surface area (Å²) in [6.45, 7) is 1.12. The second kappa shape index (κ2) is 8.35. The van der Waals surface area contributed by atoms with Crippen molar-refractivity contribution < 1.29 is 14.3 Å². The monoisotopic (exact) mass is 417 g/mol. The number of benzene rings is 2. The van der Waals surface area contributed by atoms with Gasteiger partial charge in [-0.2, -0.15) is 0 Å². The summed E-state index contributed by atoms with van der Waals surface area (Å²) in [6, 6.07) is 16.8. The molecule has 0 saturated carbocycles. The lowest BCUT2D eigenvalue weighted by Crippen LogP contribution is -2.46. The van der Waals surface area contributed by atoms with Crippen LogP contribution < -0.4 is 5.56 Å². The molecule has 0 N–H and O–H groups in total. The van der Waals surface area contributed by atoms with E-state index in [9.17, 15) is 9.59 Å². The van der Waals surface area contributed by atoms with Crippen molar-refractivity contribution in [2.24, 2.45) is 0 Å². The van der Waals surface area contributed by atoms with Crippen molar-refractivity contribution in [2.75, 3.05) is 6.54 Å². The molecule has 0 spiro atoms. The largest absolute Gasteiger partial charge is 0.445 e. The van der Waals surface area contributed by atoms with Crippen LogP contribution in [0, 0.1) is 0 Å². The van der Waals surface area contributed by atoms with E-state index in [1.165, 1.54) is 0 Å². The van der Waals surface area contributed by atoms with Crippen LogP contribution in [0.25, 0.3) is 10.9 Å². The van der Waals surface area contributed by atoms with Crippen molar-refractivity contribution in [1.82, 2.24) is 14.5 Å². The first-order valence-electron chi connectivity index (χ1n) is 10.4. The molecule has 2 aliphatic rings. The summed E-state index contributed by atoms with van der Waals surface area (Å²) in [5.74, 6) is 0. The number of rotatable bonds is 4. The van der Waals surface area contributed by atoms with E-state index in [1.54, 1.807) is 21.9 Å². The predicted octanol–water partition coefficient (Wildman–Crippen LogP) is 3.13. The van der Waals surface area contributed by atoms with E-state index >= 15 is 0 Å². The molecule has 2 aromatic carbocycles. The second-order valence-electron chi connectivity index (χ2n) is 7.87. The average molecular weight is 417 g/mol. The summed E-state index contributed by atoms with van der Waals surface area (Å²) < 4.78 is 13.3. The number of hydrogen-bond acceptors (Lipinski definition) is 5. The summed E-state index contributed by atoms with van der Waals surface area (Å²) in [5.41, 5.74) is 1.54. The van der Waals surface area contributed by atoms with Crippen LogP contribution in [0.2, 0.25) is 0 Å². The normalized spacial score (nSPS) is 22.5. The van der Waals surface area contributed by atoms with Gasteiger partial charge in [-0.1, -0.05) is 54.6 Å². The van der Waals surface area contributed by atoms with Gasteiger partial charge in [0.15, 0.2) is 0 Å². The van der Waals surface area contributed by atoms with Crippen LogP contribution in [0.4, 0.5) is 4.79 Å². The molecular weight excluding hydrogens is 394 g/mol. The minimum Gasteiger partial charge on any atom is -0.445 e. The van der Waals surface area contributed by atoms with Gasteiger partial charge in [-0.15, -0.1) is 0 Å². The molecule has 5 rings (SSSR count). The summed E-state index contributed by atoms with van der Waals surface area (Å²) in [4.78, 5) is 31.6. The van der Waals surface area contributed by atoms with Crippen LogP contribution in [0.3, 0.4) is 0 Å². The van der Waals surface area contributed by atoms with Crippen molar-refractivity contribution in [2.45, 2.75) is 37.8 Å². The standard InChI is InChI=1S/C24H23N3O4/c28-23-19-9-4-5-10-20(19)25-16-26(23)14-18-13-21-22(31-18)11-6-12-27(21)24(29)30-15-17-7-2-1-3-8-17/h1-11,16,18,21-22H,12-15H2/t18-,21-,22-/m1/s1. The number of carbonyl (C=O) groups excluding carboxylic acids is 1. The Morgan fingerprint density at radius 3 is 2.81 bits per heavy atom. The highest BCUT2D eigenvalue weighted by Crippen LogP contribution is 2.30. The summed E-state index contributed by atoms with van der Waals surface area (Å²) in [5, 5.41) is 0.589. The molecule has 7 nitrogen and oxygen atoms in total. The number of hydrogen-bond donors (Lipinski definition) is 0. The van der Waals surface area contributed by atoms with Crippen LogP contribution in [-0.4, -0.2) is 45.3 Å². The van der Waals surface area contributed by atoms with Crippen LogP contribution in [0.15, 0.2) is 77.9 Å². The molecule has 1 saturated heterocycles. The summed E-state index contributed by atoms with van der Waals surface area (Å²) in [7, 11) is 0. The van der Waals surface area contributed by atoms with Gasteiger partial charge < -0.3 is 9.47 Å². The van der Waals surface area contributed by atoms with Crippen molar-refractivity contribution in [1.29, 1.82) is 0 Å². The van der Waals surface area contributed by atoms with Crippen molar-refractivity contribution >= 4 is 17.0 Å². The lowest BCUT2D eigenvalue weighted by atomic mass is 10.0. The van der Waals surface area contributed by atoms with Gasteiger partial charge in [0, 0.05) is 6.54 Å². The van der Waals surface area contributed by atoms with Crippen molar-refractivity contribution in [3.05, 3.63) is 89.0 Å². The zero-order chi connectivity index (χ0) is 21.2. The highest BCUT2D eigenvalue weighted by molar-refractivity contribution is 5.76. The SMILES string of the molecule is O=C(OCc1ccccc1)N1CC=C[C@H]2O[C@@H](Cn3cnc4ccccc4c3=O)C[C@H]21. The van der Waals surface area contributed by atoms with Gasteiger partial charge in [0.05, 0.1) is 42.0 Å². The molecule has 0 aliphatic carbocycles. The third-order valence-corrected chi connectivity index (χ3v) is 5.83. The number of nitrogens with zero attached hydrogens (tertiary/aromatic N) is 3. The minimum atomic E-state index is -0.350. The lowest BCUT2D eigenvalue weighted by molar-refractivity contribution is 0.0328. The fraction of sp³-hybridized carbons (Fsp3) is 0.292. The Hall–Kier alpha value is -3.45. The number of amides is 1. The van der Waals surface area contributed by atoms with Gasteiger partial charge in [0.1, 0.15) is 6.61 Å². The van der Waals surface area contributed by atoms with Gasteiger partial charge in [-0.3, -0.25) is 14.3 Å². The molecule has 2 aliphatic heterocycles. The Morgan fingerprint density at radius 2 is 1.94 bits per heavy atom. The Labute approximate surface area is 179 Å². The Kier molecular flexibility index (Phi) is 5.26. The van der Waals surface area contributed by atoms with Gasteiger partial charge in [-0.25, -0.2) is 9.78 Å². The fourth-order valence-corrected chi connectivity index (χ4v) is 4.28. The highest BCUT2D eigenvalue weighted by Gasteiger charge is 2.41. The molecule has 31 heavy (non-hydrogen) atoms. The van der Waals surface area contributed by atoms with E-state index in [0.29, 0.717) is 30.4 Å². The third-order valence-electron chi connectivity index (χ3n) is 5.83. The maximum atomic E-state index is 12.8. The zero-order valence-electron chi connectivity index (χ0n) is 17.0. The van der Waals surface area contributed by atoms with E-state index in [4.69, 9.17) is 9.47 Å². The smallest absolute Gasteiger partial charge is 0.410 e. The van der Waals surface area contributed by atoms with Crippen LogP contribution in [0.5, 0.6) is 0 Å². The lowest BCUT2D eigenvalue weighted by Gasteiger charge is -2.32. The molecule has 1 amide bonds. The second-order valence-corrected chi connectivity index (χ2v) is 7.87. The number of carbonyl (C=O) groups is 1. The number of para-hydroxylation sites is 1. The predicted molar refractivity (Wildman–Crippen MR) is 116 cm³/mol. The average Bonchev–Trinajstić information content (AvgIpc) is 3.23. The molecule has 0 bridgehead atoms. The molecular formula is C24H23N3O4. The van der Waals surface area contributed by atoms with Crippen LogP contribution >= 0.6 is 0 Å². The van der Waals surface area contributed by atoms with Crippen LogP contribution in [0.1, 0.15) is 12.0 Å². The van der Waals surface area contributed by atoms with E-state index in [0.717, 1.165) is 5.56 Å². The molecule has 3 aromatic rings. The first-order chi connectivity index (χ1) is 15.2. The van der Waals surface area contributed by atoms with Gasteiger partial charge >= 0.3 is 6.09 Å². The molecule has 3 atom stereocenters. The summed E-state index contributed by atoms with van der Waals surface area (Å²) >= 11 is 0. The van der Waals surface area contributed by atoms with E-state index < -0.39 is 0 Å². The van der Waals surface area contributed by atoms with Crippen molar-refractivity contribution in [3.8, 4) is 0 Å². The Morgan fingerprint density at radius 1 is 1.13 bits per heavy atom. The topological polar surface area (TPSA) is 73.7 Å². The maximum Gasteiger partial charge on any atom is 0.410 e. The molecule has 1 fully saturated rings. The Balaban J connectivity index is 1.27. The zero-order valence-corrected chi connectivity index (χ0v) is 17.0. The molecule has 1 aromatic heterocycles. The van der Waals surface area contributed by atoms with Gasteiger partial charge in [-0.05, 0) is 24.1 Å². The highest BCUT2D eigenvalue weighted by atomic mass is 16.6. The van der Waals surface area contributed by atoms with E-state index in [1.807, 2.05) is 60.7 Å². The maximum absolute atomic E-state index is 12.8.